The van der Waals surface area contributed by atoms with Gasteiger partial charge in [-0.1, -0.05) is 6.92 Å². The van der Waals surface area contributed by atoms with E-state index in [2.05, 4.69) is 15.3 Å². The zero-order valence-electron chi connectivity index (χ0n) is 14.2. The maximum atomic E-state index is 12.6. The van der Waals surface area contributed by atoms with Gasteiger partial charge in [-0.2, -0.15) is 5.10 Å². The van der Waals surface area contributed by atoms with Crippen molar-refractivity contribution in [3.63, 3.8) is 0 Å². The number of benzene rings is 1. The van der Waals surface area contributed by atoms with Crippen LogP contribution < -0.4 is 15.9 Å². The number of aromatic nitrogens is 3. The summed E-state index contributed by atoms with van der Waals surface area (Å²) < 4.78 is 2.89. The molecule has 1 aromatic carbocycles. The van der Waals surface area contributed by atoms with Crippen molar-refractivity contribution in [2.75, 3.05) is 31.1 Å². The summed E-state index contributed by atoms with van der Waals surface area (Å²) in [5.74, 6) is 0. The molecule has 1 unspecified atom stereocenters. The molecule has 1 saturated heterocycles. The third-order valence-electron chi connectivity index (χ3n) is 4.59. The highest BCUT2D eigenvalue weighted by molar-refractivity contribution is 5.51. The number of rotatable bonds is 5. The van der Waals surface area contributed by atoms with Crippen LogP contribution in [0, 0.1) is 0 Å². The average molecular weight is 331 g/mol. The normalized spacial score (nSPS) is 17.7. The van der Waals surface area contributed by atoms with Crippen molar-refractivity contribution in [3.05, 3.63) is 41.1 Å². The van der Waals surface area contributed by atoms with Crippen LogP contribution in [0.4, 0.5) is 5.69 Å². The molecule has 2 heterocycles. The van der Waals surface area contributed by atoms with Crippen LogP contribution in [0.1, 0.15) is 26.3 Å². The van der Waals surface area contributed by atoms with E-state index in [-0.39, 0.29) is 11.7 Å². The van der Waals surface area contributed by atoms with Crippen LogP contribution >= 0.6 is 0 Å². The lowest BCUT2D eigenvalue weighted by molar-refractivity contribution is 0.118. The molecule has 1 aliphatic heterocycles. The van der Waals surface area contributed by atoms with Gasteiger partial charge in [0.2, 0.25) is 0 Å². The fraction of sp³-hybridized carbons (Fsp3) is 0.529. The topological polar surface area (TPSA) is 75.3 Å². The van der Waals surface area contributed by atoms with Gasteiger partial charge in [0.1, 0.15) is 6.33 Å². The van der Waals surface area contributed by atoms with Crippen molar-refractivity contribution in [3.8, 4) is 5.69 Å². The smallest absolute Gasteiger partial charge is 0.350 e. The van der Waals surface area contributed by atoms with Gasteiger partial charge in [0, 0.05) is 31.9 Å². The average Bonchev–Trinajstić information content (AvgIpc) is 2.98. The summed E-state index contributed by atoms with van der Waals surface area (Å²) in [6.45, 7) is 7.58. The monoisotopic (exact) mass is 331 g/mol. The van der Waals surface area contributed by atoms with Crippen LogP contribution in [0.3, 0.4) is 0 Å². The summed E-state index contributed by atoms with van der Waals surface area (Å²) in [7, 11) is 0. The number of nitrogens with zero attached hydrogens (tertiary/aromatic N) is 4. The van der Waals surface area contributed by atoms with Crippen LogP contribution in [-0.4, -0.2) is 51.7 Å². The standard InChI is InChI=1S/C17H25N5O2/c1-3-16(13(2)23)22-17(24)21(12-19-22)15-6-4-14(5-7-15)20-10-8-18-9-11-20/h4-7,12-13,16,18,23H,3,8-11H2,1-2H3/t13-,16?/m0/s1. The van der Waals surface area contributed by atoms with Crippen molar-refractivity contribution in [1.29, 1.82) is 0 Å². The zero-order valence-corrected chi connectivity index (χ0v) is 14.2. The fourth-order valence-corrected chi connectivity index (χ4v) is 3.19. The van der Waals surface area contributed by atoms with E-state index in [9.17, 15) is 9.90 Å². The molecule has 7 heteroatoms. The Kier molecular flexibility index (Phi) is 5.01. The van der Waals surface area contributed by atoms with E-state index in [0.29, 0.717) is 6.42 Å². The molecule has 0 aliphatic carbocycles. The van der Waals surface area contributed by atoms with Crippen LogP contribution in [0.2, 0.25) is 0 Å². The summed E-state index contributed by atoms with van der Waals surface area (Å²) >= 11 is 0. The van der Waals surface area contributed by atoms with Gasteiger partial charge in [0.05, 0.1) is 17.8 Å². The van der Waals surface area contributed by atoms with Crippen molar-refractivity contribution >= 4 is 5.69 Å². The van der Waals surface area contributed by atoms with Gasteiger partial charge in [-0.05, 0) is 37.6 Å². The third-order valence-corrected chi connectivity index (χ3v) is 4.59. The first-order chi connectivity index (χ1) is 11.6. The second kappa shape index (κ2) is 7.19. The Morgan fingerprint density at radius 1 is 1.21 bits per heavy atom. The Morgan fingerprint density at radius 3 is 2.42 bits per heavy atom. The molecule has 7 nitrogen and oxygen atoms in total. The molecule has 130 valence electrons. The molecular formula is C17H25N5O2. The Balaban J connectivity index is 1.84. The summed E-state index contributed by atoms with van der Waals surface area (Å²) in [4.78, 5) is 14.9. The van der Waals surface area contributed by atoms with Crippen molar-refractivity contribution < 1.29 is 5.11 Å². The van der Waals surface area contributed by atoms with Crippen molar-refractivity contribution in [1.82, 2.24) is 19.7 Å². The first-order valence-corrected chi connectivity index (χ1v) is 8.52. The highest BCUT2D eigenvalue weighted by atomic mass is 16.3. The fourth-order valence-electron chi connectivity index (χ4n) is 3.19. The molecule has 3 rings (SSSR count). The van der Waals surface area contributed by atoms with Gasteiger partial charge in [-0.15, -0.1) is 0 Å². The minimum atomic E-state index is -0.619. The number of anilines is 1. The molecular weight excluding hydrogens is 306 g/mol. The minimum absolute atomic E-state index is 0.224. The van der Waals surface area contributed by atoms with Gasteiger partial charge in [-0.3, -0.25) is 0 Å². The van der Waals surface area contributed by atoms with E-state index in [1.807, 2.05) is 31.2 Å². The van der Waals surface area contributed by atoms with E-state index in [1.54, 1.807) is 6.92 Å². The van der Waals surface area contributed by atoms with Crippen molar-refractivity contribution in [2.45, 2.75) is 32.4 Å². The minimum Gasteiger partial charge on any atom is -0.391 e. The van der Waals surface area contributed by atoms with E-state index in [4.69, 9.17) is 0 Å². The summed E-state index contributed by atoms with van der Waals surface area (Å²) in [6, 6.07) is 7.65. The largest absolute Gasteiger partial charge is 0.391 e. The van der Waals surface area contributed by atoms with E-state index < -0.39 is 6.10 Å². The second-order valence-electron chi connectivity index (χ2n) is 6.20. The van der Waals surface area contributed by atoms with Gasteiger partial charge in [-0.25, -0.2) is 14.0 Å². The van der Waals surface area contributed by atoms with Gasteiger partial charge >= 0.3 is 5.69 Å². The zero-order chi connectivity index (χ0) is 17.1. The first kappa shape index (κ1) is 16.7. The molecule has 0 spiro atoms. The SMILES string of the molecule is CCC([C@H](C)O)n1ncn(-c2ccc(N3CCNCC3)cc2)c1=O. The molecule has 0 radical (unpaired) electrons. The molecule has 0 bridgehead atoms. The third kappa shape index (κ3) is 3.22. The summed E-state index contributed by atoms with van der Waals surface area (Å²) in [5.41, 5.74) is 1.72. The predicted molar refractivity (Wildman–Crippen MR) is 93.9 cm³/mol. The molecule has 2 aromatic rings. The summed E-state index contributed by atoms with van der Waals surface area (Å²) in [6.07, 6.45) is 1.55. The number of piperazine rings is 1. The van der Waals surface area contributed by atoms with Gasteiger partial charge < -0.3 is 15.3 Å². The maximum absolute atomic E-state index is 12.6. The van der Waals surface area contributed by atoms with Crippen LogP contribution in [0.25, 0.3) is 5.69 Å². The molecule has 2 N–H and O–H groups in total. The van der Waals surface area contributed by atoms with E-state index in [1.165, 1.54) is 15.6 Å². The van der Waals surface area contributed by atoms with Crippen molar-refractivity contribution in [2.24, 2.45) is 0 Å². The number of hydrogen-bond donors (Lipinski definition) is 2. The lowest BCUT2D eigenvalue weighted by Crippen LogP contribution is -2.43. The van der Waals surface area contributed by atoms with E-state index >= 15 is 0 Å². The second-order valence-corrected chi connectivity index (χ2v) is 6.20. The highest BCUT2D eigenvalue weighted by Gasteiger charge is 2.20. The molecule has 1 fully saturated rings. The van der Waals surface area contributed by atoms with Gasteiger partial charge in [0.25, 0.3) is 0 Å². The number of hydrogen-bond acceptors (Lipinski definition) is 5. The summed E-state index contributed by atoms with van der Waals surface area (Å²) in [5, 5.41) is 17.4. The molecule has 2 atom stereocenters. The molecule has 1 aliphatic rings. The highest BCUT2D eigenvalue weighted by Crippen LogP contribution is 2.18. The predicted octanol–water partition coefficient (Wildman–Crippen LogP) is 0.775. The number of aliphatic hydroxyl groups excluding tert-OH is 1. The van der Waals surface area contributed by atoms with E-state index in [0.717, 1.165) is 37.6 Å². The Labute approximate surface area is 141 Å². The lowest BCUT2D eigenvalue weighted by Gasteiger charge is -2.29. The number of aliphatic hydroxyl groups is 1. The Bertz CT molecular complexity index is 713. The first-order valence-electron chi connectivity index (χ1n) is 8.52. The molecule has 0 amide bonds. The molecule has 24 heavy (non-hydrogen) atoms. The Hall–Kier alpha value is -2.12. The Morgan fingerprint density at radius 2 is 1.83 bits per heavy atom. The lowest BCUT2D eigenvalue weighted by atomic mass is 10.1. The molecule has 0 saturated carbocycles. The van der Waals surface area contributed by atoms with Crippen LogP contribution in [-0.2, 0) is 0 Å². The van der Waals surface area contributed by atoms with Gasteiger partial charge in [0.15, 0.2) is 0 Å². The molecule has 1 aromatic heterocycles. The number of nitrogens with one attached hydrogen (secondary N) is 1. The quantitative estimate of drug-likeness (QED) is 0.847. The maximum Gasteiger partial charge on any atom is 0.350 e. The van der Waals surface area contributed by atoms with Crippen LogP contribution in [0.5, 0.6) is 0 Å². The van der Waals surface area contributed by atoms with Crippen LogP contribution in [0.15, 0.2) is 35.4 Å².